The maximum Gasteiger partial charge on any atom is 0.407 e. The van der Waals surface area contributed by atoms with Crippen molar-refractivity contribution >= 4 is 12.1 Å². The van der Waals surface area contributed by atoms with Crippen molar-refractivity contribution in [1.82, 2.24) is 5.32 Å². The molecule has 1 N–H and O–H groups in total. The standard InChI is InChI=1S/C20H39NO4/c1-3-4-5-6-7-8-9-10-11-12-13-14-15-16-17-25-19(22)18-21-20(23)24-2/h3-18H2,1-2H3,(H,21,23). The van der Waals surface area contributed by atoms with E-state index in [0.29, 0.717) is 6.61 Å². The first kappa shape index (κ1) is 23.7. The van der Waals surface area contributed by atoms with Crippen LogP contribution < -0.4 is 5.32 Å². The van der Waals surface area contributed by atoms with Gasteiger partial charge in [0.15, 0.2) is 0 Å². The maximum atomic E-state index is 11.3. The number of carbonyl (C=O) groups excluding carboxylic acids is 2. The number of unbranched alkanes of at least 4 members (excludes halogenated alkanes) is 13. The van der Waals surface area contributed by atoms with E-state index in [-0.39, 0.29) is 6.54 Å². The van der Waals surface area contributed by atoms with Crippen molar-refractivity contribution in [2.24, 2.45) is 0 Å². The molecule has 0 bridgehead atoms. The van der Waals surface area contributed by atoms with E-state index in [0.717, 1.165) is 12.8 Å². The zero-order valence-corrected chi connectivity index (χ0v) is 16.4. The third-order valence-electron chi connectivity index (χ3n) is 4.32. The van der Waals surface area contributed by atoms with Gasteiger partial charge in [0.05, 0.1) is 13.7 Å². The number of nitrogens with one attached hydrogen (secondary N) is 1. The number of alkyl carbamates (subject to hydrolysis) is 1. The molecule has 0 fully saturated rings. The summed E-state index contributed by atoms with van der Waals surface area (Å²) in [6.45, 7) is 2.56. The molecule has 1 amide bonds. The Labute approximate surface area is 154 Å². The van der Waals surface area contributed by atoms with Crippen LogP contribution in [0.25, 0.3) is 0 Å². The van der Waals surface area contributed by atoms with Crippen molar-refractivity contribution in [2.45, 2.75) is 96.8 Å². The summed E-state index contributed by atoms with van der Waals surface area (Å²) in [6, 6.07) is 0. The minimum atomic E-state index is -0.617. The Morgan fingerprint density at radius 1 is 0.720 bits per heavy atom. The van der Waals surface area contributed by atoms with Gasteiger partial charge < -0.3 is 14.8 Å². The fraction of sp³-hybridized carbons (Fsp3) is 0.900. The lowest BCUT2D eigenvalue weighted by atomic mass is 10.0. The molecule has 0 atom stereocenters. The van der Waals surface area contributed by atoms with Crippen molar-refractivity contribution in [2.75, 3.05) is 20.3 Å². The van der Waals surface area contributed by atoms with Crippen LogP contribution in [0.4, 0.5) is 4.79 Å². The minimum absolute atomic E-state index is 0.134. The molecule has 0 rings (SSSR count). The number of carbonyl (C=O) groups is 2. The van der Waals surface area contributed by atoms with Crippen LogP contribution in [-0.2, 0) is 14.3 Å². The quantitative estimate of drug-likeness (QED) is 0.281. The van der Waals surface area contributed by atoms with Crippen LogP contribution in [0.3, 0.4) is 0 Å². The lowest BCUT2D eigenvalue weighted by Crippen LogP contribution is -2.30. The second-order valence-electron chi connectivity index (χ2n) is 6.66. The highest BCUT2D eigenvalue weighted by Gasteiger charge is 2.05. The molecule has 5 nitrogen and oxygen atoms in total. The molecule has 0 radical (unpaired) electrons. The molecular formula is C20H39NO4. The molecule has 0 saturated carbocycles. The summed E-state index contributed by atoms with van der Waals surface area (Å²) in [5.74, 6) is -0.417. The molecule has 25 heavy (non-hydrogen) atoms. The van der Waals surface area contributed by atoms with Gasteiger partial charge in [0.1, 0.15) is 6.54 Å². The molecule has 0 aliphatic carbocycles. The van der Waals surface area contributed by atoms with Crippen molar-refractivity contribution < 1.29 is 19.1 Å². The third kappa shape index (κ3) is 18.9. The fourth-order valence-corrected chi connectivity index (χ4v) is 2.75. The molecule has 5 heteroatoms. The highest BCUT2D eigenvalue weighted by Crippen LogP contribution is 2.12. The maximum absolute atomic E-state index is 11.3. The van der Waals surface area contributed by atoms with E-state index in [1.807, 2.05) is 0 Å². The Morgan fingerprint density at radius 3 is 1.60 bits per heavy atom. The van der Waals surface area contributed by atoms with Gasteiger partial charge in [-0.1, -0.05) is 90.4 Å². The van der Waals surface area contributed by atoms with Crippen molar-refractivity contribution in [3.63, 3.8) is 0 Å². The number of hydrogen-bond acceptors (Lipinski definition) is 4. The summed E-state index contributed by atoms with van der Waals surface area (Å²) in [7, 11) is 1.26. The molecule has 0 unspecified atom stereocenters. The minimum Gasteiger partial charge on any atom is -0.464 e. The summed E-state index contributed by atoms with van der Waals surface area (Å²) in [4.78, 5) is 22.1. The molecule has 148 valence electrons. The van der Waals surface area contributed by atoms with E-state index in [1.54, 1.807) is 0 Å². The van der Waals surface area contributed by atoms with Gasteiger partial charge in [-0.3, -0.25) is 4.79 Å². The van der Waals surface area contributed by atoms with Crippen molar-refractivity contribution in [3.8, 4) is 0 Å². The highest BCUT2D eigenvalue weighted by atomic mass is 16.5. The van der Waals surface area contributed by atoms with Crippen molar-refractivity contribution in [3.05, 3.63) is 0 Å². The summed E-state index contributed by atoms with van der Waals surface area (Å²) >= 11 is 0. The van der Waals surface area contributed by atoms with E-state index in [1.165, 1.54) is 84.2 Å². The lowest BCUT2D eigenvalue weighted by Gasteiger charge is -2.06. The van der Waals surface area contributed by atoms with Gasteiger partial charge in [-0.05, 0) is 6.42 Å². The molecule has 0 aromatic carbocycles. The fourth-order valence-electron chi connectivity index (χ4n) is 2.75. The zero-order valence-electron chi connectivity index (χ0n) is 16.4. The molecule has 0 aromatic rings. The molecule has 0 aliphatic heterocycles. The normalized spacial score (nSPS) is 10.5. The summed E-state index contributed by atoms with van der Waals surface area (Å²) in [5, 5.41) is 2.30. The Bertz CT molecular complexity index is 321. The van der Waals surface area contributed by atoms with Crippen LogP contribution in [0.15, 0.2) is 0 Å². The molecular weight excluding hydrogens is 318 g/mol. The van der Waals surface area contributed by atoms with Crippen LogP contribution >= 0.6 is 0 Å². The second kappa shape index (κ2) is 19.1. The summed E-state index contributed by atoms with van der Waals surface area (Å²) in [6.07, 6.45) is 17.6. The Morgan fingerprint density at radius 2 is 1.16 bits per heavy atom. The van der Waals surface area contributed by atoms with E-state index in [9.17, 15) is 9.59 Å². The number of methoxy groups -OCH3 is 1. The van der Waals surface area contributed by atoms with Crippen LogP contribution in [-0.4, -0.2) is 32.3 Å². The van der Waals surface area contributed by atoms with Gasteiger partial charge in [-0.25, -0.2) is 4.79 Å². The number of amides is 1. The SMILES string of the molecule is CCCCCCCCCCCCCCCCOC(=O)CNC(=O)OC. The summed E-state index contributed by atoms with van der Waals surface area (Å²) < 4.78 is 9.41. The predicted octanol–water partition coefficient (Wildman–Crippen LogP) is 5.37. The lowest BCUT2D eigenvalue weighted by molar-refractivity contribution is -0.142. The van der Waals surface area contributed by atoms with E-state index < -0.39 is 12.1 Å². The average molecular weight is 358 g/mol. The number of esters is 1. The Kier molecular flexibility index (Phi) is 18.1. The smallest absolute Gasteiger partial charge is 0.407 e. The van der Waals surface area contributed by atoms with Crippen LogP contribution in [0, 0.1) is 0 Å². The first-order chi connectivity index (χ1) is 12.2. The molecule has 0 aliphatic rings. The molecule has 0 heterocycles. The van der Waals surface area contributed by atoms with Crippen LogP contribution in [0.5, 0.6) is 0 Å². The first-order valence-corrected chi connectivity index (χ1v) is 10.2. The van der Waals surface area contributed by atoms with Gasteiger partial charge in [0, 0.05) is 0 Å². The van der Waals surface area contributed by atoms with Crippen LogP contribution in [0.2, 0.25) is 0 Å². The highest BCUT2D eigenvalue weighted by molar-refractivity contribution is 5.77. The first-order valence-electron chi connectivity index (χ1n) is 10.2. The Hall–Kier alpha value is -1.26. The Balaban J connectivity index is 3.14. The molecule has 0 aromatic heterocycles. The second-order valence-corrected chi connectivity index (χ2v) is 6.66. The van der Waals surface area contributed by atoms with Gasteiger partial charge in [0.2, 0.25) is 0 Å². The van der Waals surface area contributed by atoms with Gasteiger partial charge in [-0.15, -0.1) is 0 Å². The summed E-state index contributed by atoms with van der Waals surface area (Å²) in [5.41, 5.74) is 0. The van der Waals surface area contributed by atoms with Gasteiger partial charge in [-0.2, -0.15) is 0 Å². The number of ether oxygens (including phenoxy) is 2. The van der Waals surface area contributed by atoms with E-state index >= 15 is 0 Å². The van der Waals surface area contributed by atoms with Crippen LogP contribution in [0.1, 0.15) is 96.8 Å². The third-order valence-corrected chi connectivity index (χ3v) is 4.32. The molecule has 0 spiro atoms. The van der Waals surface area contributed by atoms with E-state index in [2.05, 4.69) is 17.0 Å². The topological polar surface area (TPSA) is 64.6 Å². The number of rotatable bonds is 17. The predicted molar refractivity (Wildman–Crippen MR) is 102 cm³/mol. The monoisotopic (exact) mass is 357 g/mol. The zero-order chi connectivity index (χ0) is 18.6. The van der Waals surface area contributed by atoms with Gasteiger partial charge >= 0.3 is 12.1 Å². The van der Waals surface area contributed by atoms with E-state index in [4.69, 9.17) is 4.74 Å². The van der Waals surface area contributed by atoms with Crippen molar-refractivity contribution in [1.29, 1.82) is 0 Å². The number of hydrogen-bond donors (Lipinski definition) is 1. The average Bonchev–Trinajstić information content (AvgIpc) is 2.62. The van der Waals surface area contributed by atoms with Gasteiger partial charge in [0.25, 0.3) is 0 Å². The largest absolute Gasteiger partial charge is 0.464 e. The molecule has 0 saturated heterocycles.